The predicted octanol–water partition coefficient (Wildman–Crippen LogP) is 3.57. The van der Waals surface area contributed by atoms with Crippen molar-refractivity contribution in [1.82, 2.24) is 19.7 Å². The minimum atomic E-state index is 0.478. The quantitative estimate of drug-likeness (QED) is 0.690. The molecule has 0 spiro atoms. The monoisotopic (exact) mass is 328 g/mol. The zero-order valence-electron chi connectivity index (χ0n) is 12.7. The molecular weight excluding hydrogens is 312 g/mol. The van der Waals surface area contributed by atoms with Gasteiger partial charge in [-0.2, -0.15) is 5.10 Å². The predicted molar refractivity (Wildman–Crippen MR) is 89.3 cm³/mol. The van der Waals surface area contributed by atoms with Crippen molar-refractivity contribution in [2.24, 2.45) is 5.92 Å². The Morgan fingerprint density at radius 1 is 1.13 bits per heavy atom. The Labute approximate surface area is 139 Å². The van der Waals surface area contributed by atoms with Crippen LogP contribution in [0.25, 0.3) is 22.2 Å². The molecule has 3 aromatic rings. The van der Waals surface area contributed by atoms with Crippen LogP contribution >= 0.6 is 11.6 Å². The number of rotatable bonds is 3. The molecule has 0 radical (unpaired) electrons. The van der Waals surface area contributed by atoms with Crippen molar-refractivity contribution < 1.29 is 4.74 Å². The number of halogens is 1. The van der Waals surface area contributed by atoms with Crippen LogP contribution in [-0.2, 0) is 11.3 Å². The van der Waals surface area contributed by atoms with Crippen molar-refractivity contribution in [2.75, 3.05) is 13.2 Å². The van der Waals surface area contributed by atoms with Crippen LogP contribution in [0.1, 0.15) is 12.8 Å². The average Bonchev–Trinajstić information content (AvgIpc) is 3.03. The highest BCUT2D eigenvalue weighted by molar-refractivity contribution is 6.29. The number of ether oxygens (including phenoxy) is 1. The fraction of sp³-hybridized carbons (Fsp3) is 0.353. The second-order valence-electron chi connectivity index (χ2n) is 5.90. The highest BCUT2D eigenvalue weighted by Crippen LogP contribution is 2.23. The highest BCUT2D eigenvalue weighted by Gasteiger charge is 2.15. The molecule has 0 aliphatic carbocycles. The summed E-state index contributed by atoms with van der Waals surface area (Å²) in [7, 11) is 0. The number of fused-ring (bicyclic) bond motifs is 1. The largest absolute Gasteiger partial charge is 0.381 e. The van der Waals surface area contributed by atoms with Gasteiger partial charge in [-0.1, -0.05) is 11.6 Å². The molecule has 0 aromatic carbocycles. The number of nitrogens with zero attached hydrogens (tertiary/aromatic N) is 4. The Morgan fingerprint density at radius 2 is 2.00 bits per heavy atom. The first-order valence-corrected chi connectivity index (χ1v) is 8.18. The zero-order chi connectivity index (χ0) is 15.6. The second-order valence-corrected chi connectivity index (χ2v) is 6.29. The van der Waals surface area contributed by atoms with E-state index in [0.717, 1.165) is 54.8 Å². The summed E-state index contributed by atoms with van der Waals surface area (Å²) in [6, 6.07) is 5.63. The smallest absolute Gasteiger partial charge is 0.129 e. The molecule has 0 N–H and O–H groups in total. The van der Waals surface area contributed by atoms with Crippen LogP contribution in [0.5, 0.6) is 0 Å². The van der Waals surface area contributed by atoms with Crippen LogP contribution in [-0.4, -0.2) is 33.0 Å². The van der Waals surface area contributed by atoms with E-state index in [1.54, 1.807) is 6.07 Å². The van der Waals surface area contributed by atoms with Crippen molar-refractivity contribution in [1.29, 1.82) is 0 Å². The number of hydrogen-bond acceptors (Lipinski definition) is 4. The summed E-state index contributed by atoms with van der Waals surface area (Å²) in [6.07, 6.45) is 8.02. The van der Waals surface area contributed by atoms with E-state index >= 15 is 0 Å². The van der Waals surface area contributed by atoms with Crippen molar-refractivity contribution in [3.8, 4) is 11.1 Å². The maximum absolute atomic E-state index is 5.96. The van der Waals surface area contributed by atoms with Crippen LogP contribution in [0, 0.1) is 5.92 Å². The van der Waals surface area contributed by atoms with Gasteiger partial charge >= 0.3 is 0 Å². The van der Waals surface area contributed by atoms with Crippen LogP contribution in [0.3, 0.4) is 0 Å². The van der Waals surface area contributed by atoms with Gasteiger partial charge in [-0.3, -0.25) is 9.67 Å². The third-order valence-electron chi connectivity index (χ3n) is 4.26. The Balaban J connectivity index is 1.58. The molecule has 0 bridgehead atoms. The van der Waals surface area contributed by atoms with E-state index in [2.05, 4.69) is 21.3 Å². The lowest BCUT2D eigenvalue weighted by Gasteiger charge is -2.21. The molecule has 4 heterocycles. The van der Waals surface area contributed by atoms with Gasteiger partial charge < -0.3 is 4.74 Å². The molecule has 23 heavy (non-hydrogen) atoms. The molecule has 5 nitrogen and oxygen atoms in total. The molecule has 0 atom stereocenters. The van der Waals surface area contributed by atoms with Gasteiger partial charge in [0.15, 0.2) is 0 Å². The molecule has 1 aliphatic rings. The van der Waals surface area contributed by atoms with Crippen molar-refractivity contribution in [3.63, 3.8) is 0 Å². The normalized spacial score (nSPS) is 16.0. The molecule has 6 heteroatoms. The summed E-state index contributed by atoms with van der Waals surface area (Å²) in [5.41, 5.74) is 3.69. The molecule has 1 fully saturated rings. The van der Waals surface area contributed by atoms with E-state index < -0.39 is 0 Å². The molecule has 118 valence electrons. The molecule has 0 amide bonds. The third-order valence-corrected chi connectivity index (χ3v) is 4.47. The maximum atomic E-state index is 5.96. The Bertz CT molecular complexity index is 826. The van der Waals surface area contributed by atoms with Gasteiger partial charge in [-0.05, 0) is 37.0 Å². The average molecular weight is 329 g/mol. The lowest BCUT2D eigenvalue weighted by atomic mass is 10.0. The molecule has 3 aromatic heterocycles. The number of pyridine rings is 2. The molecule has 4 rings (SSSR count). The van der Waals surface area contributed by atoms with E-state index in [-0.39, 0.29) is 0 Å². The minimum absolute atomic E-state index is 0.478. The van der Waals surface area contributed by atoms with Gasteiger partial charge in [-0.15, -0.1) is 0 Å². The van der Waals surface area contributed by atoms with Gasteiger partial charge in [0.2, 0.25) is 0 Å². The van der Waals surface area contributed by atoms with Gasteiger partial charge in [0, 0.05) is 43.3 Å². The first-order valence-electron chi connectivity index (χ1n) is 7.81. The third kappa shape index (κ3) is 3.21. The summed E-state index contributed by atoms with van der Waals surface area (Å²) in [5, 5.41) is 4.96. The topological polar surface area (TPSA) is 52.8 Å². The molecule has 0 unspecified atom stereocenters. The summed E-state index contributed by atoms with van der Waals surface area (Å²) in [4.78, 5) is 8.77. The summed E-state index contributed by atoms with van der Waals surface area (Å²) in [6.45, 7) is 2.66. The fourth-order valence-electron chi connectivity index (χ4n) is 2.95. The lowest BCUT2D eigenvalue weighted by Crippen LogP contribution is -2.20. The summed E-state index contributed by atoms with van der Waals surface area (Å²) >= 11 is 5.96. The first-order chi connectivity index (χ1) is 11.3. The zero-order valence-corrected chi connectivity index (χ0v) is 13.4. The van der Waals surface area contributed by atoms with Crippen molar-refractivity contribution in [3.05, 3.63) is 41.9 Å². The van der Waals surface area contributed by atoms with Crippen LogP contribution in [0.2, 0.25) is 5.15 Å². The minimum Gasteiger partial charge on any atom is -0.381 e. The standard InChI is InChI=1S/C17H17ClN4O/c18-17-2-1-15-16(21-17)7-13(8-19-15)14-9-20-22(11-14)10-12-3-5-23-6-4-12/h1-2,7-9,11-12H,3-6,10H2. The van der Waals surface area contributed by atoms with Crippen molar-refractivity contribution >= 4 is 22.6 Å². The number of aromatic nitrogens is 4. The Morgan fingerprint density at radius 3 is 2.87 bits per heavy atom. The first kappa shape index (κ1) is 14.6. The molecule has 0 saturated carbocycles. The Kier molecular flexibility index (Phi) is 3.97. The van der Waals surface area contributed by atoms with Crippen LogP contribution in [0.15, 0.2) is 36.8 Å². The fourth-order valence-corrected chi connectivity index (χ4v) is 3.10. The lowest BCUT2D eigenvalue weighted by molar-refractivity contribution is 0.0601. The van der Waals surface area contributed by atoms with Gasteiger partial charge in [-0.25, -0.2) is 4.98 Å². The summed E-state index contributed by atoms with van der Waals surface area (Å²) < 4.78 is 7.42. The van der Waals surface area contributed by atoms with E-state index in [9.17, 15) is 0 Å². The van der Waals surface area contributed by atoms with E-state index in [1.165, 1.54) is 0 Å². The van der Waals surface area contributed by atoms with Gasteiger partial charge in [0.1, 0.15) is 5.15 Å². The van der Waals surface area contributed by atoms with E-state index in [1.807, 2.05) is 29.2 Å². The van der Waals surface area contributed by atoms with E-state index in [4.69, 9.17) is 16.3 Å². The number of hydrogen-bond donors (Lipinski definition) is 0. The van der Waals surface area contributed by atoms with Gasteiger partial charge in [0.05, 0.1) is 17.2 Å². The Hall–Kier alpha value is -1.98. The molecule has 1 saturated heterocycles. The highest BCUT2D eigenvalue weighted by atomic mass is 35.5. The second kappa shape index (κ2) is 6.26. The SMILES string of the molecule is Clc1ccc2ncc(-c3cnn(CC4CCOCC4)c3)cc2n1. The van der Waals surface area contributed by atoms with E-state index in [0.29, 0.717) is 11.1 Å². The summed E-state index contributed by atoms with van der Waals surface area (Å²) in [5.74, 6) is 0.645. The van der Waals surface area contributed by atoms with Crippen molar-refractivity contribution in [2.45, 2.75) is 19.4 Å². The van der Waals surface area contributed by atoms with Crippen LogP contribution in [0.4, 0.5) is 0 Å². The molecule has 1 aliphatic heterocycles. The molecular formula is C17H17ClN4O. The van der Waals surface area contributed by atoms with Gasteiger partial charge in [0.25, 0.3) is 0 Å². The maximum Gasteiger partial charge on any atom is 0.129 e. The van der Waals surface area contributed by atoms with Crippen LogP contribution < -0.4 is 0 Å².